The van der Waals surface area contributed by atoms with Crippen LogP contribution in [-0.4, -0.2) is 16.5 Å². The van der Waals surface area contributed by atoms with Gasteiger partial charge in [-0.1, -0.05) is 13.8 Å². The second kappa shape index (κ2) is 3.57. The first-order valence-corrected chi connectivity index (χ1v) is 5.16. The number of aryl methyl sites for hydroxylation is 1. The molecular formula is C12H16N2O. The Morgan fingerprint density at radius 3 is 2.73 bits per heavy atom. The second-order valence-corrected chi connectivity index (χ2v) is 4.01. The van der Waals surface area contributed by atoms with Crippen molar-refractivity contribution in [2.45, 2.75) is 26.7 Å². The number of fused-ring (bicyclic) bond motifs is 1. The zero-order valence-electron chi connectivity index (χ0n) is 9.61. The summed E-state index contributed by atoms with van der Waals surface area (Å²) in [5.74, 6) is 1.27. The van der Waals surface area contributed by atoms with Gasteiger partial charge in [0.25, 0.3) is 0 Å². The van der Waals surface area contributed by atoms with Crippen molar-refractivity contribution in [2.75, 3.05) is 7.11 Å². The van der Waals surface area contributed by atoms with E-state index >= 15 is 0 Å². The van der Waals surface area contributed by atoms with Crippen LogP contribution in [0.3, 0.4) is 0 Å². The minimum Gasteiger partial charge on any atom is -0.493 e. The fraction of sp³-hybridized carbons (Fsp3) is 0.417. The molecule has 0 saturated heterocycles. The molecular weight excluding hydrogens is 188 g/mol. The molecule has 0 atom stereocenters. The van der Waals surface area contributed by atoms with Gasteiger partial charge in [-0.3, -0.25) is 0 Å². The Bertz CT molecular complexity index is 486. The zero-order chi connectivity index (χ0) is 11.0. The largest absolute Gasteiger partial charge is 0.493 e. The standard InChI is InChI=1S/C12H16N2O/c1-8(2)11-9(3)14-7-5-6-10(15-4)12(14)13-11/h5-8H,1-4H3. The lowest BCUT2D eigenvalue weighted by Crippen LogP contribution is -1.92. The first-order valence-electron chi connectivity index (χ1n) is 5.16. The molecule has 0 unspecified atom stereocenters. The fourth-order valence-electron chi connectivity index (χ4n) is 1.88. The van der Waals surface area contributed by atoms with E-state index < -0.39 is 0 Å². The Labute approximate surface area is 89.7 Å². The molecule has 0 saturated carbocycles. The molecule has 0 aliphatic rings. The number of pyridine rings is 1. The van der Waals surface area contributed by atoms with Crippen LogP contribution in [0.25, 0.3) is 5.65 Å². The van der Waals surface area contributed by atoms with Crippen LogP contribution < -0.4 is 4.74 Å². The van der Waals surface area contributed by atoms with Crippen LogP contribution in [0.4, 0.5) is 0 Å². The van der Waals surface area contributed by atoms with Gasteiger partial charge in [-0.05, 0) is 25.0 Å². The van der Waals surface area contributed by atoms with Gasteiger partial charge in [-0.25, -0.2) is 4.98 Å². The minimum absolute atomic E-state index is 0.439. The molecule has 2 aromatic rings. The highest BCUT2D eigenvalue weighted by Gasteiger charge is 2.13. The number of ether oxygens (including phenoxy) is 1. The summed E-state index contributed by atoms with van der Waals surface area (Å²) in [7, 11) is 1.67. The van der Waals surface area contributed by atoms with E-state index in [1.54, 1.807) is 7.11 Å². The van der Waals surface area contributed by atoms with E-state index in [4.69, 9.17) is 4.74 Å². The molecule has 15 heavy (non-hydrogen) atoms. The number of nitrogens with zero attached hydrogens (tertiary/aromatic N) is 2. The highest BCUT2D eigenvalue weighted by atomic mass is 16.5. The molecule has 2 rings (SSSR count). The van der Waals surface area contributed by atoms with E-state index in [1.807, 2.05) is 18.3 Å². The molecule has 3 heteroatoms. The third kappa shape index (κ3) is 1.48. The van der Waals surface area contributed by atoms with Crippen molar-refractivity contribution in [1.82, 2.24) is 9.38 Å². The first-order chi connectivity index (χ1) is 7.15. The summed E-state index contributed by atoms with van der Waals surface area (Å²) in [4.78, 5) is 4.62. The third-order valence-electron chi connectivity index (χ3n) is 2.66. The Hall–Kier alpha value is -1.51. The summed E-state index contributed by atoms with van der Waals surface area (Å²) in [5, 5.41) is 0. The fourth-order valence-corrected chi connectivity index (χ4v) is 1.88. The van der Waals surface area contributed by atoms with Gasteiger partial charge in [0, 0.05) is 11.9 Å². The van der Waals surface area contributed by atoms with Gasteiger partial charge in [-0.15, -0.1) is 0 Å². The molecule has 0 aromatic carbocycles. The second-order valence-electron chi connectivity index (χ2n) is 4.01. The molecule has 0 N–H and O–H groups in total. The van der Waals surface area contributed by atoms with Crippen LogP contribution in [0, 0.1) is 6.92 Å². The van der Waals surface area contributed by atoms with Crippen LogP contribution in [0.2, 0.25) is 0 Å². The Balaban J connectivity index is 2.75. The highest BCUT2D eigenvalue weighted by molar-refractivity contribution is 5.56. The molecule has 0 amide bonds. The maximum absolute atomic E-state index is 5.29. The average Bonchev–Trinajstić information content (AvgIpc) is 2.56. The van der Waals surface area contributed by atoms with Crippen LogP contribution >= 0.6 is 0 Å². The third-order valence-corrected chi connectivity index (χ3v) is 2.66. The van der Waals surface area contributed by atoms with Gasteiger partial charge in [-0.2, -0.15) is 0 Å². The maximum Gasteiger partial charge on any atom is 0.180 e. The summed E-state index contributed by atoms with van der Waals surface area (Å²) in [6.07, 6.45) is 2.02. The molecule has 0 aliphatic carbocycles. The van der Waals surface area contributed by atoms with E-state index in [9.17, 15) is 0 Å². The topological polar surface area (TPSA) is 26.5 Å². The minimum atomic E-state index is 0.439. The predicted molar refractivity (Wildman–Crippen MR) is 60.6 cm³/mol. The Morgan fingerprint density at radius 2 is 2.13 bits per heavy atom. The highest BCUT2D eigenvalue weighted by Crippen LogP contribution is 2.25. The van der Waals surface area contributed by atoms with Gasteiger partial charge in [0.15, 0.2) is 11.4 Å². The number of aromatic nitrogens is 2. The molecule has 80 valence electrons. The first kappa shape index (κ1) is 10.0. The van der Waals surface area contributed by atoms with E-state index in [-0.39, 0.29) is 0 Å². The number of hydrogen-bond donors (Lipinski definition) is 0. The number of hydrogen-bond acceptors (Lipinski definition) is 2. The number of methoxy groups -OCH3 is 1. The Kier molecular flexibility index (Phi) is 2.39. The quantitative estimate of drug-likeness (QED) is 0.752. The lowest BCUT2D eigenvalue weighted by Gasteiger charge is -2.02. The monoisotopic (exact) mass is 204 g/mol. The lowest BCUT2D eigenvalue weighted by atomic mass is 10.1. The molecule has 0 spiro atoms. The molecule has 2 heterocycles. The van der Waals surface area contributed by atoms with Gasteiger partial charge in [0.05, 0.1) is 12.8 Å². The molecule has 0 radical (unpaired) electrons. The van der Waals surface area contributed by atoms with Crippen LogP contribution in [0.1, 0.15) is 31.2 Å². The lowest BCUT2D eigenvalue weighted by molar-refractivity contribution is 0.417. The smallest absolute Gasteiger partial charge is 0.180 e. The number of imidazole rings is 1. The SMILES string of the molecule is COc1cccn2c(C)c(C(C)C)nc12. The van der Waals surface area contributed by atoms with Crippen molar-refractivity contribution in [3.05, 3.63) is 29.7 Å². The Morgan fingerprint density at radius 1 is 1.40 bits per heavy atom. The average molecular weight is 204 g/mol. The van der Waals surface area contributed by atoms with Gasteiger partial charge in [0.1, 0.15) is 0 Å². The summed E-state index contributed by atoms with van der Waals surface area (Å²) < 4.78 is 7.37. The maximum atomic E-state index is 5.29. The van der Waals surface area contributed by atoms with E-state index in [2.05, 4.69) is 30.2 Å². The van der Waals surface area contributed by atoms with Gasteiger partial charge in [0.2, 0.25) is 0 Å². The summed E-state index contributed by atoms with van der Waals surface area (Å²) in [6, 6.07) is 3.91. The van der Waals surface area contributed by atoms with Crippen LogP contribution in [-0.2, 0) is 0 Å². The van der Waals surface area contributed by atoms with Crippen LogP contribution in [0.5, 0.6) is 5.75 Å². The van der Waals surface area contributed by atoms with E-state index in [0.717, 1.165) is 17.1 Å². The van der Waals surface area contributed by atoms with Crippen molar-refractivity contribution < 1.29 is 4.74 Å². The number of rotatable bonds is 2. The predicted octanol–water partition coefficient (Wildman–Crippen LogP) is 2.77. The molecule has 3 nitrogen and oxygen atoms in total. The molecule has 0 bridgehead atoms. The van der Waals surface area contributed by atoms with Crippen molar-refractivity contribution >= 4 is 5.65 Å². The van der Waals surface area contributed by atoms with Crippen molar-refractivity contribution in [1.29, 1.82) is 0 Å². The summed E-state index contributed by atoms with van der Waals surface area (Å²) in [5.41, 5.74) is 3.24. The van der Waals surface area contributed by atoms with Crippen molar-refractivity contribution in [3.63, 3.8) is 0 Å². The van der Waals surface area contributed by atoms with Gasteiger partial charge < -0.3 is 9.14 Å². The van der Waals surface area contributed by atoms with Gasteiger partial charge >= 0.3 is 0 Å². The summed E-state index contributed by atoms with van der Waals surface area (Å²) in [6.45, 7) is 6.40. The zero-order valence-corrected chi connectivity index (χ0v) is 9.61. The molecule has 0 aliphatic heterocycles. The molecule has 2 aromatic heterocycles. The van der Waals surface area contributed by atoms with E-state index in [0.29, 0.717) is 5.92 Å². The molecule has 0 fully saturated rings. The normalized spacial score (nSPS) is 11.3. The van der Waals surface area contributed by atoms with Crippen LogP contribution in [0.15, 0.2) is 18.3 Å². The van der Waals surface area contributed by atoms with E-state index in [1.165, 1.54) is 5.69 Å². The van der Waals surface area contributed by atoms with Crippen molar-refractivity contribution in [2.24, 2.45) is 0 Å². The summed E-state index contributed by atoms with van der Waals surface area (Å²) >= 11 is 0. The van der Waals surface area contributed by atoms with Crippen molar-refractivity contribution in [3.8, 4) is 5.75 Å².